The maximum atomic E-state index is 12.8. The molecule has 0 fully saturated rings. The number of amides is 1. The van der Waals surface area contributed by atoms with Gasteiger partial charge in [0, 0.05) is 16.7 Å². The largest absolute Gasteiger partial charge is 0.747 e. The molecule has 0 unspecified atom stereocenters. The molecule has 2 aromatic carbocycles. The topological polar surface area (TPSA) is 120 Å². The molecule has 26 heavy (non-hydrogen) atoms. The highest BCUT2D eigenvalue weighted by atomic mass is 32.2. The highest BCUT2D eigenvalue weighted by Crippen LogP contribution is 2.32. The normalized spacial score (nSPS) is 14.4. The zero-order valence-corrected chi connectivity index (χ0v) is 14.5. The number of carbonyl (C=O) groups excluding carboxylic acids is 3. The van der Waals surface area contributed by atoms with Gasteiger partial charge in [0.05, 0.1) is 11.3 Å². The third kappa shape index (κ3) is 2.93. The zero-order valence-electron chi connectivity index (χ0n) is 13.7. The van der Waals surface area contributed by atoms with E-state index in [9.17, 15) is 27.4 Å². The maximum Gasteiger partial charge on any atom is 0.241 e. The summed E-state index contributed by atoms with van der Waals surface area (Å²) in [5, 5.41) is 0.540. The van der Waals surface area contributed by atoms with Crippen LogP contribution in [0.5, 0.6) is 0 Å². The molecule has 1 amide bonds. The summed E-state index contributed by atoms with van der Waals surface area (Å²) in [4.78, 5) is 37.7. The van der Waals surface area contributed by atoms with E-state index in [1.807, 2.05) is 0 Å². The number of hydrogen-bond donors (Lipinski definition) is 1. The second-order valence-electron chi connectivity index (χ2n) is 5.81. The Bertz CT molecular complexity index is 1040. The van der Waals surface area contributed by atoms with E-state index in [2.05, 4.69) is 5.32 Å². The summed E-state index contributed by atoms with van der Waals surface area (Å²) >= 11 is 0. The molecule has 2 aromatic rings. The number of carbonyl (C=O) groups is 3. The Hall–Kier alpha value is -2.84. The molecule has 1 aliphatic rings. The van der Waals surface area contributed by atoms with Crippen LogP contribution in [0.4, 0.5) is 5.69 Å². The van der Waals surface area contributed by atoms with Gasteiger partial charge in [-0.1, -0.05) is 43.3 Å². The molecule has 8 heteroatoms. The van der Waals surface area contributed by atoms with E-state index in [4.69, 9.17) is 0 Å². The van der Waals surface area contributed by atoms with Crippen molar-refractivity contribution in [2.45, 2.75) is 18.6 Å². The summed E-state index contributed by atoms with van der Waals surface area (Å²) in [5.74, 6) is -1.85. The Morgan fingerprint density at radius 1 is 1.00 bits per heavy atom. The van der Waals surface area contributed by atoms with Crippen LogP contribution in [0.3, 0.4) is 0 Å². The van der Waals surface area contributed by atoms with Crippen LogP contribution in [0.15, 0.2) is 42.5 Å². The summed E-state index contributed by atoms with van der Waals surface area (Å²) < 4.78 is 33.7. The average molecular weight is 372 g/mol. The molecule has 1 atom stereocenters. The summed E-state index contributed by atoms with van der Waals surface area (Å²) in [6.45, 7) is 1.39. The van der Waals surface area contributed by atoms with Crippen molar-refractivity contribution in [1.82, 2.24) is 0 Å². The van der Waals surface area contributed by atoms with Gasteiger partial charge < -0.3 is 9.87 Å². The van der Waals surface area contributed by atoms with Gasteiger partial charge in [0.15, 0.2) is 11.6 Å². The molecular weight excluding hydrogens is 358 g/mol. The number of rotatable bonds is 4. The van der Waals surface area contributed by atoms with Crippen LogP contribution in [-0.4, -0.2) is 35.7 Å². The first-order valence-corrected chi connectivity index (χ1v) is 9.29. The van der Waals surface area contributed by atoms with Gasteiger partial charge in [0.2, 0.25) is 5.91 Å². The Morgan fingerprint density at radius 2 is 1.58 bits per heavy atom. The van der Waals surface area contributed by atoms with Crippen molar-refractivity contribution in [2.24, 2.45) is 0 Å². The molecule has 0 aromatic heterocycles. The van der Waals surface area contributed by atoms with Crippen LogP contribution in [0.1, 0.15) is 45.2 Å². The van der Waals surface area contributed by atoms with Crippen molar-refractivity contribution in [1.29, 1.82) is 0 Å². The van der Waals surface area contributed by atoms with E-state index >= 15 is 0 Å². The fourth-order valence-electron chi connectivity index (χ4n) is 2.98. The van der Waals surface area contributed by atoms with Gasteiger partial charge in [-0.2, -0.15) is 0 Å². The first kappa shape index (κ1) is 18.0. The van der Waals surface area contributed by atoms with Crippen molar-refractivity contribution < 1.29 is 27.4 Å². The van der Waals surface area contributed by atoms with Gasteiger partial charge in [-0.25, -0.2) is 8.42 Å². The van der Waals surface area contributed by atoms with Crippen LogP contribution in [0, 0.1) is 0 Å². The second kappa shape index (κ2) is 6.47. The first-order chi connectivity index (χ1) is 12.3. The summed E-state index contributed by atoms with van der Waals surface area (Å²) in [6, 6.07) is 10.6. The third-order valence-corrected chi connectivity index (χ3v) is 5.47. The third-order valence-electron chi connectivity index (χ3n) is 4.22. The number of benzene rings is 2. The Labute approximate surface area is 149 Å². The van der Waals surface area contributed by atoms with E-state index in [-0.39, 0.29) is 40.1 Å². The molecule has 0 aliphatic heterocycles. The fourth-order valence-corrected chi connectivity index (χ4v) is 3.71. The molecule has 0 spiro atoms. The molecule has 0 saturated carbocycles. The monoisotopic (exact) mass is 372 g/mol. The van der Waals surface area contributed by atoms with Crippen LogP contribution >= 0.6 is 0 Å². The Kier molecular flexibility index (Phi) is 4.47. The van der Waals surface area contributed by atoms with Crippen LogP contribution in [0.2, 0.25) is 0 Å². The number of fused-ring (bicyclic) bond motifs is 2. The van der Waals surface area contributed by atoms with E-state index in [0.29, 0.717) is 0 Å². The molecule has 0 radical (unpaired) electrons. The van der Waals surface area contributed by atoms with Crippen molar-refractivity contribution >= 4 is 33.3 Å². The van der Waals surface area contributed by atoms with Crippen molar-refractivity contribution in [3.05, 3.63) is 64.7 Å². The molecule has 0 saturated heterocycles. The minimum atomic E-state index is -4.84. The van der Waals surface area contributed by atoms with E-state index in [1.54, 1.807) is 18.2 Å². The molecular formula is C18H14NO6S-. The smallest absolute Gasteiger partial charge is 0.241 e. The average Bonchev–Trinajstić information content (AvgIpc) is 2.59. The molecule has 1 aliphatic carbocycles. The lowest BCUT2D eigenvalue weighted by Gasteiger charge is -2.22. The highest BCUT2D eigenvalue weighted by Gasteiger charge is 2.32. The summed E-state index contributed by atoms with van der Waals surface area (Å²) in [7, 11) is -4.84. The number of anilines is 1. The molecule has 0 bridgehead atoms. The first-order valence-electron chi connectivity index (χ1n) is 7.82. The lowest BCUT2D eigenvalue weighted by Crippen LogP contribution is -2.35. The Morgan fingerprint density at radius 3 is 2.15 bits per heavy atom. The lowest BCUT2D eigenvalue weighted by molar-refractivity contribution is -0.116. The van der Waals surface area contributed by atoms with E-state index < -0.39 is 27.1 Å². The molecule has 7 nitrogen and oxygen atoms in total. The second-order valence-corrected chi connectivity index (χ2v) is 7.37. The standard InChI is InChI=1S/C18H15NO6S/c1-2-14(26(23,24)25)18(22)19-13-9-5-8-12-15(13)17(21)11-7-4-3-6-10(11)16(12)20/h3-9,14H,2H2,1H3,(H,19,22)(H,23,24,25)/p-1/t14-/m0/s1. The van der Waals surface area contributed by atoms with Gasteiger partial charge in [0.1, 0.15) is 15.4 Å². The quantitative estimate of drug-likeness (QED) is 0.696. The van der Waals surface area contributed by atoms with Crippen LogP contribution in [-0.2, 0) is 14.9 Å². The van der Waals surface area contributed by atoms with Crippen LogP contribution < -0.4 is 5.32 Å². The summed E-state index contributed by atoms with van der Waals surface area (Å²) in [5.41, 5.74) is 0.576. The maximum absolute atomic E-state index is 12.8. The van der Waals surface area contributed by atoms with E-state index in [1.165, 1.54) is 31.2 Å². The lowest BCUT2D eigenvalue weighted by atomic mass is 9.83. The van der Waals surface area contributed by atoms with Crippen LogP contribution in [0.25, 0.3) is 0 Å². The predicted octanol–water partition coefficient (Wildman–Crippen LogP) is 1.72. The SMILES string of the molecule is CC[C@@H](C(=O)Nc1cccc2c1C(=O)c1ccccc1C2=O)S(=O)(=O)[O-]. The minimum absolute atomic E-state index is 0.00227. The predicted molar refractivity (Wildman–Crippen MR) is 92.2 cm³/mol. The van der Waals surface area contributed by atoms with Crippen molar-refractivity contribution in [2.75, 3.05) is 5.32 Å². The van der Waals surface area contributed by atoms with Gasteiger partial charge >= 0.3 is 0 Å². The van der Waals surface area contributed by atoms with Crippen molar-refractivity contribution in [3.63, 3.8) is 0 Å². The zero-order chi connectivity index (χ0) is 19.1. The number of hydrogen-bond acceptors (Lipinski definition) is 6. The Balaban J connectivity index is 2.06. The van der Waals surface area contributed by atoms with Gasteiger partial charge in [-0.05, 0) is 12.5 Å². The molecule has 3 rings (SSSR count). The van der Waals surface area contributed by atoms with E-state index in [0.717, 1.165) is 0 Å². The summed E-state index contributed by atoms with van der Waals surface area (Å²) in [6.07, 6.45) is -0.206. The fraction of sp³-hybridized carbons (Fsp3) is 0.167. The highest BCUT2D eigenvalue weighted by molar-refractivity contribution is 7.87. The number of nitrogens with one attached hydrogen (secondary N) is 1. The minimum Gasteiger partial charge on any atom is -0.747 e. The van der Waals surface area contributed by atoms with Gasteiger partial charge in [-0.15, -0.1) is 0 Å². The van der Waals surface area contributed by atoms with Gasteiger partial charge in [-0.3, -0.25) is 14.4 Å². The van der Waals surface area contributed by atoms with Crippen molar-refractivity contribution in [3.8, 4) is 0 Å². The van der Waals surface area contributed by atoms with Gasteiger partial charge in [0.25, 0.3) is 0 Å². The number of ketones is 2. The molecule has 0 heterocycles. The molecule has 134 valence electrons. The molecule has 1 N–H and O–H groups in total.